The second kappa shape index (κ2) is 17.5. The van der Waals surface area contributed by atoms with Gasteiger partial charge in [0.05, 0.1) is 18.3 Å². The number of hydrogen-bond acceptors (Lipinski definition) is 11. The number of anilines is 4. The van der Waals surface area contributed by atoms with Crippen LogP contribution >= 0.6 is 0 Å². The van der Waals surface area contributed by atoms with Gasteiger partial charge >= 0.3 is 12.1 Å². The Kier molecular flexibility index (Phi) is 12.1. The van der Waals surface area contributed by atoms with Crippen molar-refractivity contribution >= 4 is 47.0 Å². The minimum Gasteiger partial charge on any atom is -0.465 e. The van der Waals surface area contributed by atoms with Crippen molar-refractivity contribution in [3.8, 4) is 11.3 Å². The summed E-state index contributed by atoms with van der Waals surface area (Å²) >= 11 is 0. The molecule has 1 saturated heterocycles. The highest BCUT2D eigenvalue weighted by Crippen LogP contribution is 2.28. The van der Waals surface area contributed by atoms with Crippen LogP contribution in [0, 0.1) is 0 Å². The molecule has 15 heteroatoms. The van der Waals surface area contributed by atoms with E-state index in [1.165, 1.54) is 11.0 Å². The number of nitrogens with one attached hydrogen (secondary N) is 3. The second-order valence-corrected chi connectivity index (χ2v) is 14.2. The molecule has 4 N–H and O–H groups in total. The molecule has 56 heavy (non-hydrogen) atoms. The number of piperazine rings is 1. The summed E-state index contributed by atoms with van der Waals surface area (Å²) in [6, 6.07) is 22.4. The van der Waals surface area contributed by atoms with Gasteiger partial charge < -0.3 is 35.6 Å². The van der Waals surface area contributed by atoms with Crippen LogP contribution in [0.3, 0.4) is 0 Å². The Bertz CT molecular complexity index is 2170. The van der Waals surface area contributed by atoms with Crippen molar-refractivity contribution in [3.63, 3.8) is 0 Å². The van der Waals surface area contributed by atoms with E-state index in [9.17, 15) is 24.3 Å². The quantitative estimate of drug-likeness (QED) is 0.112. The summed E-state index contributed by atoms with van der Waals surface area (Å²) in [6.07, 6.45) is 5.71. The van der Waals surface area contributed by atoms with Crippen LogP contribution in [-0.4, -0.2) is 91.6 Å². The van der Waals surface area contributed by atoms with Crippen molar-refractivity contribution in [1.29, 1.82) is 0 Å². The molecule has 0 radical (unpaired) electrons. The lowest BCUT2D eigenvalue weighted by atomic mass is 10.0. The molecule has 3 amide bonds. The van der Waals surface area contributed by atoms with E-state index >= 15 is 0 Å². The minimum atomic E-state index is -0.949. The summed E-state index contributed by atoms with van der Waals surface area (Å²) in [5.74, 6) is 0.149. The van der Waals surface area contributed by atoms with Crippen LogP contribution in [0.5, 0.6) is 0 Å². The Balaban J connectivity index is 1.22. The van der Waals surface area contributed by atoms with Gasteiger partial charge in [-0.3, -0.25) is 19.4 Å². The summed E-state index contributed by atoms with van der Waals surface area (Å²) < 4.78 is 5.54. The fourth-order valence-corrected chi connectivity index (χ4v) is 6.12. The Morgan fingerprint density at radius 2 is 1.57 bits per heavy atom. The zero-order chi connectivity index (χ0) is 39.7. The number of ether oxygens (including phenoxy) is 1. The lowest BCUT2D eigenvalue weighted by Gasteiger charge is -2.33. The third kappa shape index (κ3) is 10.8. The lowest BCUT2D eigenvalue weighted by Crippen LogP contribution is -2.48. The van der Waals surface area contributed by atoms with E-state index in [0.717, 1.165) is 5.56 Å². The zero-order valence-corrected chi connectivity index (χ0v) is 31.3. The van der Waals surface area contributed by atoms with E-state index in [4.69, 9.17) is 9.72 Å². The van der Waals surface area contributed by atoms with E-state index in [2.05, 4.69) is 30.9 Å². The summed E-state index contributed by atoms with van der Waals surface area (Å²) in [5.41, 5.74) is 2.39. The number of nitrogens with zero attached hydrogens (tertiary/aromatic N) is 6. The molecule has 15 nitrogen and oxygen atoms in total. The van der Waals surface area contributed by atoms with E-state index in [1.807, 2.05) is 41.3 Å². The number of rotatable bonds is 12. The summed E-state index contributed by atoms with van der Waals surface area (Å²) in [7, 11) is 0. The maximum absolute atomic E-state index is 13.8. The normalized spacial score (nSPS) is 13.3. The van der Waals surface area contributed by atoms with Crippen molar-refractivity contribution in [2.75, 3.05) is 41.7 Å². The molecule has 288 valence electrons. The van der Waals surface area contributed by atoms with E-state index in [1.54, 1.807) is 82.0 Å². The SMILES string of the molecule is CC(C)(C)OC(=O)C[C@H](Cc1ccccc1)NC(=O)c1cccc(C(=O)Nc2cc(Nc3cnccn3)nc(-c3ccnc(N4CCN(C(=O)O)CC4)c3)c2)c1. The molecule has 2 aromatic carbocycles. The Labute approximate surface area is 324 Å². The molecule has 0 bridgehead atoms. The smallest absolute Gasteiger partial charge is 0.407 e. The summed E-state index contributed by atoms with van der Waals surface area (Å²) in [6.45, 7) is 7.06. The third-order valence-corrected chi connectivity index (χ3v) is 8.70. The number of carboxylic acid groups (broad SMARTS) is 1. The molecule has 4 heterocycles. The van der Waals surface area contributed by atoms with E-state index in [-0.39, 0.29) is 17.5 Å². The van der Waals surface area contributed by atoms with Crippen LogP contribution < -0.4 is 20.9 Å². The predicted molar refractivity (Wildman–Crippen MR) is 211 cm³/mol. The van der Waals surface area contributed by atoms with Gasteiger partial charge in [-0.25, -0.2) is 19.7 Å². The van der Waals surface area contributed by atoms with Gasteiger partial charge in [-0.05, 0) is 69.2 Å². The van der Waals surface area contributed by atoms with E-state index in [0.29, 0.717) is 67.0 Å². The average molecular weight is 758 g/mol. The monoisotopic (exact) mass is 757 g/mol. The summed E-state index contributed by atoms with van der Waals surface area (Å²) in [5, 5.41) is 18.4. The number of carbonyl (C=O) groups is 4. The largest absolute Gasteiger partial charge is 0.465 e. The molecule has 1 fully saturated rings. The van der Waals surface area contributed by atoms with Gasteiger partial charge in [0.2, 0.25) is 0 Å². The van der Waals surface area contributed by atoms with Crippen molar-refractivity contribution < 1.29 is 29.0 Å². The van der Waals surface area contributed by atoms with Gasteiger partial charge in [0.25, 0.3) is 11.8 Å². The van der Waals surface area contributed by atoms with Crippen molar-refractivity contribution in [1.82, 2.24) is 30.2 Å². The van der Waals surface area contributed by atoms with Crippen molar-refractivity contribution in [2.45, 2.75) is 45.3 Å². The van der Waals surface area contributed by atoms with Crippen LogP contribution in [0.4, 0.5) is 27.9 Å². The van der Waals surface area contributed by atoms with Gasteiger partial charge in [0.15, 0.2) is 0 Å². The van der Waals surface area contributed by atoms with Gasteiger partial charge in [-0.15, -0.1) is 0 Å². The molecule has 0 unspecified atom stereocenters. The number of benzene rings is 2. The van der Waals surface area contributed by atoms with Gasteiger partial charge in [-0.2, -0.15) is 0 Å². The lowest BCUT2D eigenvalue weighted by molar-refractivity contribution is -0.155. The van der Waals surface area contributed by atoms with Crippen LogP contribution in [0.1, 0.15) is 53.5 Å². The van der Waals surface area contributed by atoms with E-state index < -0.39 is 35.5 Å². The maximum atomic E-state index is 13.8. The first kappa shape index (κ1) is 38.8. The first-order valence-electron chi connectivity index (χ1n) is 18.1. The first-order valence-corrected chi connectivity index (χ1v) is 18.1. The molecule has 1 aliphatic rings. The number of pyridine rings is 2. The van der Waals surface area contributed by atoms with Crippen molar-refractivity contribution in [3.05, 3.63) is 120 Å². The van der Waals surface area contributed by atoms with Crippen LogP contribution in [-0.2, 0) is 16.0 Å². The van der Waals surface area contributed by atoms with Crippen molar-refractivity contribution in [2.24, 2.45) is 0 Å². The zero-order valence-electron chi connectivity index (χ0n) is 31.3. The third-order valence-electron chi connectivity index (χ3n) is 8.70. The maximum Gasteiger partial charge on any atom is 0.407 e. The van der Waals surface area contributed by atoms with Crippen LogP contribution in [0.15, 0.2) is 104 Å². The standard InChI is InChI=1S/C41H43N9O6/c1-41(2,3)56-37(51)25-31(20-27-8-5-4-6-9-27)45-38(52)29-10-7-11-30(21-29)39(53)46-32-23-33(47-34(24-32)48-35-26-42-14-15-43-35)28-12-13-44-36(22-28)49-16-18-50(19-17-49)40(54)55/h4-15,21-24,26,31H,16-20,25H2,1-3H3,(H,45,52)(H,54,55)(H2,43,46,47,48,53)/t31-/m0/s1. The molecule has 5 aromatic rings. The molecule has 0 saturated carbocycles. The molecular formula is C41H43N9O6. The van der Waals surface area contributed by atoms with Gasteiger partial charge in [-0.1, -0.05) is 36.4 Å². The predicted octanol–water partition coefficient (Wildman–Crippen LogP) is 5.80. The Morgan fingerprint density at radius 3 is 2.27 bits per heavy atom. The Morgan fingerprint density at radius 1 is 0.821 bits per heavy atom. The van der Waals surface area contributed by atoms with Gasteiger partial charge in [0.1, 0.15) is 23.1 Å². The highest BCUT2D eigenvalue weighted by molar-refractivity contribution is 6.06. The summed E-state index contributed by atoms with van der Waals surface area (Å²) in [4.78, 5) is 72.6. The molecule has 1 atom stereocenters. The highest BCUT2D eigenvalue weighted by atomic mass is 16.6. The fraction of sp³-hybridized carbons (Fsp3) is 0.268. The molecule has 1 aliphatic heterocycles. The topological polar surface area (TPSA) is 192 Å². The molecule has 3 aromatic heterocycles. The number of aromatic nitrogens is 4. The average Bonchev–Trinajstić information content (AvgIpc) is 3.18. The number of amides is 3. The molecule has 6 rings (SSSR count). The number of carbonyl (C=O) groups excluding carboxylic acids is 3. The fourth-order valence-electron chi connectivity index (χ4n) is 6.12. The second-order valence-electron chi connectivity index (χ2n) is 14.2. The Hall–Kier alpha value is -6.90. The number of hydrogen-bond donors (Lipinski definition) is 4. The minimum absolute atomic E-state index is 0.0340. The van der Waals surface area contributed by atoms with Crippen LogP contribution in [0.25, 0.3) is 11.3 Å². The molecular weight excluding hydrogens is 715 g/mol. The van der Waals surface area contributed by atoms with Gasteiger partial charge in [0, 0.05) is 79.3 Å². The highest BCUT2D eigenvalue weighted by Gasteiger charge is 2.24. The first-order chi connectivity index (χ1) is 26.9. The number of esters is 1. The van der Waals surface area contributed by atoms with Crippen LogP contribution in [0.2, 0.25) is 0 Å². The molecule has 0 spiro atoms. The molecule has 0 aliphatic carbocycles.